The van der Waals surface area contributed by atoms with E-state index in [1.807, 2.05) is 0 Å². The van der Waals surface area contributed by atoms with Crippen molar-refractivity contribution in [3.63, 3.8) is 0 Å². The van der Waals surface area contributed by atoms with Crippen molar-refractivity contribution in [3.8, 4) is 0 Å². The van der Waals surface area contributed by atoms with Gasteiger partial charge in [-0.15, -0.1) is 0 Å². The van der Waals surface area contributed by atoms with Crippen LogP contribution in [0.1, 0.15) is 12.2 Å². The summed E-state index contributed by atoms with van der Waals surface area (Å²) >= 11 is 0. The SMILES string of the molecule is Cc1nc(S(=O)(=O)NCCCN=[N+]=[N-])cn1C. The maximum Gasteiger partial charge on any atom is 0.259 e. The highest BCUT2D eigenvalue weighted by Crippen LogP contribution is 2.07. The Labute approximate surface area is 99.3 Å². The van der Waals surface area contributed by atoms with E-state index in [-0.39, 0.29) is 18.1 Å². The minimum absolute atomic E-state index is 0.00119. The molecule has 1 N–H and O–H groups in total. The molecule has 1 aromatic heterocycles. The molecular formula is C8H14N6O2S. The van der Waals surface area contributed by atoms with Crippen LogP contribution in [0, 0.1) is 6.92 Å². The van der Waals surface area contributed by atoms with E-state index in [1.165, 1.54) is 6.20 Å². The van der Waals surface area contributed by atoms with Crippen molar-refractivity contribution < 1.29 is 8.42 Å². The van der Waals surface area contributed by atoms with E-state index < -0.39 is 10.0 Å². The molecule has 0 amide bonds. The molecule has 0 aliphatic heterocycles. The van der Waals surface area contributed by atoms with Gasteiger partial charge in [0.15, 0.2) is 5.03 Å². The normalized spacial score (nSPS) is 11.2. The van der Waals surface area contributed by atoms with E-state index in [4.69, 9.17) is 5.53 Å². The van der Waals surface area contributed by atoms with Crippen molar-refractivity contribution in [1.82, 2.24) is 14.3 Å². The first-order valence-electron chi connectivity index (χ1n) is 4.98. The first kappa shape index (κ1) is 13.5. The molecule has 0 unspecified atom stereocenters. The Morgan fingerprint density at radius 1 is 1.65 bits per heavy atom. The van der Waals surface area contributed by atoms with Gasteiger partial charge in [-0.3, -0.25) is 0 Å². The summed E-state index contributed by atoms with van der Waals surface area (Å²) in [5.74, 6) is 0.624. The highest BCUT2D eigenvalue weighted by Gasteiger charge is 2.17. The summed E-state index contributed by atoms with van der Waals surface area (Å²) in [7, 11) is -1.84. The van der Waals surface area contributed by atoms with Gasteiger partial charge in [0.05, 0.1) is 0 Å². The molecule has 0 saturated carbocycles. The minimum Gasteiger partial charge on any atom is -0.337 e. The van der Waals surface area contributed by atoms with Gasteiger partial charge >= 0.3 is 0 Å². The van der Waals surface area contributed by atoms with Gasteiger partial charge in [-0.1, -0.05) is 5.11 Å². The minimum atomic E-state index is -3.57. The summed E-state index contributed by atoms with van der Waals surface area (Å²) in [6.45, 7) is 2.21. The fraction of sp³-hybridized carbons (Fsp3) is 0.625. The molecule has 0 aromatic carbocycles. The number of imidazole rings is 1. The Morgan fingerprint density at radius 2 is 2.35 bits per heavy atom. The van der Waals surface area contributed by atoms with Crippen LogP contribution in [-0.4, -0.2) is 31.1 Å². The molecule has 8 nitrogen and oxygen atoms in total. The zero-order valence-corrected chi connectivity index (χ0v) is 10.5. The van der Waals surface area contributed by atoms with Crippen molar-refractivity contribution in [2.24, 2.45) is 12.2 Å². The monoisotopic (exact) mass is 258 g/mol. The third-order valence-electron chi connectivity index (χ3n) is 2.15. The number of aryl methyl sites for hydroxylation is 2. The lowest BCUT2D eigenvalue weighted by Crippen LogP contribution is -2.25. The number of sulfonamides is 1. The molecule has 0 radical (unpaired) electrons. The first-order valence-corrected chi connectivity index (χ1v) is 6.46. The number of azide groups is 1. The van der Waals surface area contributed by atoms with Gasteiger partial charge in [0.2, 0.25) is 0 Å². The zero-order chi connectivity index (χ0) is 12.9. The molecule has 0 bridgehead atoms. The second-order valence-electron chi connectivity index (χ2n) is 3.44. The molecular weight excluding hydrogens is 244 g/mol. The predicted octanol–water partition coefficient (Wildman–Crippen LogP) is 0.707. The molecule has 1 heterocycles. The summed E-state index contributed by atoms with van der Waals surface area (Å²) in [5.41, 5.74) is 8.04. The van der Waals surface area contributed by atoms with Crippen LogP contribution in [0.15, 0.2) is 16.3 Å². The molecule has 0 fully saturated rings. The summed E-state index contributed by atoms with van der Waals surface area (Å²) in [6, 6.07) is 0. The van der Waals surface area contributed by atoms with Crippen LogP contribution in [0.4, 0.5) is 0 Å². The molecule has 0 aliphatic carbocycles. The number of hydrogen-bond donors (Lipinski definition) is 1. The Balaban J connectivity index is 2.60. The average Bonchev–Trinajstić information content (AvgIpc) is 2.60. The topological polar surface area (TPSA) is 113 Å². The van der Waals surface area contributed by atoms with E-state index in [9.17, 15) is 8.42 Å². The Hall–Kier alpha value is -1.57. The molecule has 9 heteroatoms. The van der Waals surface area contributed by atoms with Crippen LogP contribution in [0.2, 0.25) is 0 Å². The van der Waals surface area contributed by atoms with Gasteiger partial charge in [-0.25, -0.2) is 18.1 Å². The third kappa shape index (κ3) is 3.74. The molecule has 1 rings (SSSR count). The number of nitrogens with one attached hydrogen (secondary N) is 1. The van der Waals surface area contributed by atoms with Crippen LogP contribution >= 0.6 is 0 Å². The fourth-order valence-electron chi connectivity index (χ4n) is 1.13. The standard InChI is InChI=1S/C8H14N6O2S/c1-7-12-8(6-14(7)2)17(15,16)11-5-3-4-10-13-9/h6,11H,3-5H2,1-2H3. The number of aromatic nitrogens is 2. The summed E-state index contributed by atoms with van der Waals surface area (Å²) < 4.78 is 27.5. The number of hydrogen-bond acceptors (Lipinski definition) is 4. The van der Waals surface area contributed by atoms with E-state index in [2.05, 4.69) is 19.7 Å². The van der Waals surface area contributed by atoms with Gasteiger partial charge in [0.1, 0.15) is 5.82 Å². The van der Waals surface area contributed by atoms with E-state index >= 15 is 0 Å². The second kappa shape index (κ2) is 5.67. The second-order valence-corrected chi connectivity index (χ2v) is 5.16. The van der Waals surface area contributed by atoms with Crippen LogP contribution < -0.4 is 4.72 Å². The molecule has 0 spiro atoms. The van der Waals surface area contributed by atoms with E-state index in [1.54, 1.807) is 18.5 Å². The van der Waals surface area contributed by atoms with Crippen LogP contribution in [0.5, 0.6) is 0 Å². The molecule has 0 aliphatic rings. The number of nitrogens with zero attached hydrogens (tertiary/aromatic N) is 5. The quantitative estimate of drug-likeness (QED) is 0.351. The van der Waals surface area contributed by atoms with Gasteiger partial charge in [-0.2, -0.15) is 0 Å². The van der Waals surface area contributed by atoms with Gasteiger partial charge < -0.3 is 4.57 Å². The predicted molar refractivity (Wildman–Crippen MR) is 61.8 cm³/mol. The van der Waals surface area contributed by atoms with Crippen LogP contribution in [0.25, 0.3) is 10.4 Å². The zero-order valence-electron chi connectivity index (χ0n) is 9.66. The van der Waals surface area contributed by atoms with Crippen LogP contribution in [0.3, 0.4) is 0 Å². The lowest BCUT2D eigenvalue weighted by atomic mass is 10.4. The Bertz CT molecular complexity index is 509. The summed E-state index contributed by atoms with van der Waals surface area (Å²) in [4.78, 5) is 6.50. The first-order chi connectivity index (χ1) is 7.97. The molecule has 0 saturated heterocycles. The van der Waals surface area contributed by atoms with Crippen molar-refractivity contribution in [3.05, 3.63) is 22.5 Å². The van der Waals surface area contributed by atoms with Gasteiger partial charge in [0.25, 0.3) is 10.0 Å². The average molecular weight is 258 g/mol. The van der Waals surface area contributed by atoms with E-state index in [0.29, 0.717) is 12.2 Å². The van der Waals surface area contributed by atoms with Crippen molar-refractivity contribution in [2.45, 2.75) is 18.4 Å². The van der Waals surface area contributed by atoms with Crippen molar-refractivity contribution in [1.29, 1.82) is 0 Å². The lowest BCUT2D eigenvalue weighted by molar-refractivity contribution is 0.576. The van der Waals surface area contributed by atoms with E-state index in [0.717, 1.165) is 0 Å². The largest absolute Gasteiger partial charge is 0.337 e. The lowest BCUT2D eigenvalue weighted by Gasteiger charge is -2.01. The molecule has 1 aromatic rings. The van der Waals surface area contributed by atoms with Gasteiger partial charge in [0, 0.05) is 31.2 Å². The number of rotatable bonds is 6. The van der Waals surface area contributed by atoms with Crippen molar-refractivity contribution >= 4 is 10.0 Å². The van der Waals surface area contributed by atoms with Gasteiger partial charge in [-0.05, 0) is 18.9 Å². The summed E-state index contributed by atoms with van der Waals surface area (Å²) in [6.07, 6.45) is 1.90. The molecule has 0 atom stereocenters. The third-order valence-corrected chi connectivity index (χ3v) is 3.48. The summed E-state index contributed by atoms with van der Waals surface area (Å²) in [5, 5.41) is 3.31. The fourth-order valence-corrected chi connectivity index (χ4v) is 2.24. The highest BCUT2D eigenvalue weighted by atomic mass is 32.2. The Kier molecular flexibility index (Phi) is 4.50. The maximum absolute atomic E-state index is 11.7. The smallest absolute Gasteiger partial charge is 0.259 e. The van der Waals surface area contributed by atoms with Crippen LogP contribution in [-0.2, 0) is 17.1 Å². The molecule has 94 valence electrons. The highest BCUT2D eigenvalue weighted by molar-refractivity contribution is 7.89. The Morgan fingerprint density at radius 3 is 2.88 bits per heavy atom. The van der Waals surface area contributed by atoms with Crippen molar-refractivity contribution in [2.75, 3.05) is 13.1 Å². The maximum atomic E-state index is 11.7. The molecule has 17 heavy (non-hydrogen) atoms.